The van der Waals surface area contributed by atoms with Gasteiger partial charge in [-0.1, -0.05) is 0 Å². The van der Waals surface area contributed by atoms with Crippen LogP contribution < -0.4 is 26.8 Å². The number of ether oxygens (including phenoxy) is 3. The van der Waals surface area contributed by atoms with Gasteiger partial charge in [0.2, 0.25) is 0 Å². The Morgan fingerprint density at radius 2 is 1.06 bits per heavy atom. The number of hydrogen-bond acceptors (Lipinski definition) is 10. The van der Waals surface area contributed by atoms with E-state index < -0.39 is 38.3 Å². The van der Waals surface area contributed by atoms with E-state index in [1.165, 1.54) is 0 Å². The number of alkyl halides is 1. The van der Waals surface area contributed by atoms with Crippen LogP contribution in [0.5, 0.6) is 0 Å². The first kappa shape index (κ1) is 33.0. The standard InChI is InChI=1S/C25H48IN4O6/c1-23(2,3)34-20(31)16-28-12-10-27-11-13-29(17-21(32)35-24(4,5)6)19-26-30(15-14-28)18-22(33)36-25(7,8)9/h27H,10-19H2,1-9H3/q-1. The average Bonchev–Trinajstić information content (AvgIpc) is 2.63. The van der Waals surface area contributed by atoms with E-state index in [4.69, 9.17) is 14.2 Å². The van der Waals surface area contributed by atoms with Crippen molar-refractivity contribution < 1.29 is 50.1 Å². The summed E-state index contributed by atoms with van der Waals surface area (Å²) in [4.78, 5) is 41.7. The van der Waals surface area contributed by atoms with E-state index in [1.54, 1.807) is 0 Å². The molecule has 0 saturated carbocycles. The van der Waals surface area contributed by atoms with Crippen LogP contribution in [-0.4, -0.2) is 111 Å². The van der Waals surface area contributed by atoms with Crippen molar-refractivity contribution >= 4 is 17.9 Å². The Bertz CT molecular complexity index is 671. The molecular weight excluding hydrogens is 579 g/mol. The molecule has 1 heterocycles. The first-order chi connectivity index (χ1) is 16.4. The molecule has 0 spiro atoms. The van der Waals surface area contributed by atoms with Gasteiger partial charge in [0.15, 0.2) is 0 Å². The molecule has 0 amide bonds. The summed E-state index contributed by atoms with van der Waals surface area (Å²) in [6.45, 7) is 21.3. The number of esters is 3. The van der Waals surface area contributed by atoms with Crippen molar-refractivity contribution in [2.24, 2.45) is 0 Å². The number of carbonyl (C=O) groups is 3. The van der Waals surface area contributed by atoms with Gasteiger partial charge in [-0.3, -0.25) is 0 Å². The molecule has 0 atom stereocenters. The summed E-state index contributed by atoms with van der Waals surface area (Å²) in [6.07, 6.45) is 0. The molecule has 0 bridgehead atoms. The van der Waals surface area contributed by atoms with Crippen LogP contribution in [0.4, 0.5) is 0 Å². The van der Waals surface area contributed by atoms with Crippen molar-refractivity contribution in [2.45, 2.75) is 79.1 Å². The second-order valence-electron chi connectivity index (χ2n) is 11.9. The van der Waals surface area contributed by atoms with Crippen molar-refractivity contribution in [2.75, 3.05) is 63.5 Å². The number of carbonyl (C=O) groups excluding carboxylic acids is 3. The van der Waals surface area contributed by atoms with E-state index >= 15 is 0 Å². The summed E-state index contributed by atoms with van der Waals surface area (Å²) in [5.74, 6) is -0.777. The first-order valence-corrected chi connectivity index (χ1v) is 15.1. The average molecular weight is 628 g/mol. The summed E-state index contributed by atoms with van der Waals surface area (Å²) in [5.41, 5.74) is -1.62. The van der Waals surface area contributed by atoms with Crippen molar-refractivity contribution in [1.82, 2.24) is 18.2 Å². The Balaban J connectivity index is 2.89. The van der Waals surface area contributed by atoms with Crippen LogP contribution in [-0.2, 0) is 28.6 Å². The monoisotopic (exact) mass is 627 g/mol. The van der Waals surface area contributed by atoms with Gasteiger partial charge in [-0.2, -0.15) is 0 Å². The first-order valence-electron chi connectivity index (χ1n) is 12.6. The summed E-state index contributed by atoms with van der Waals surface area (Å²) in [7, 11) is 0. The summed E-state index contributed by atoms with van der Waals surface area (Å²) >= 11 is -0.613. The molecule has 1 rings (SSSR count). The summed E-state index contributed by atoms with van der Waals surface area (Å²) in [5, 5.41) is 3.41. The summed E-state index contributed by atoms with van der Waals surface area (Å²) < 4.78 is 19.4. The molecule has 0 unspecified atom stereocenters. The third kappa shape index (κ3) is 17.4. The quantitative estimate of drug-likeness (QED) is 0.0935. The van der Waals surface area contributed by atoms with Gasteiger partial charge in [-0.15, -0.1) is 0 Å². The molecule has 1 saturated heterocycles. The van der Waals surface area contributed by atoms with E-state index in [-0.39, 0.29) is 37.5 Å². The topological polar surface area (TPSA) is 101 Å². The van der Waals surface area contributed by atoms with Gasteiger partial charge < -0.3 is 0 Å². The van der Waals surface area contributed by atoms with E-state index in [0.717, 1.165) is 0 Å². The fourth-order valence-corrected chi connectivity index (χ4v) is 5.78. The SMILES string of the molecule is CC(C)(C)OC(=O)CN1CCNCCN(CC(=O)OC(C)(C)C)C[I-]N(CC(=O)OC(C)(C)C)CC1. The zero-order valence-corrected chi connectivity index (χ0v) is 25.9. The fraction of sp³-hybridized carbons (Fsp3) is 0.880. The van der Waals surface area contributed by atoms with Crippen molar-refractivity contribution in [3.05, 3.63) is 0 Å². The van der Waals surface area contributed by atoms with Gasteiger partial charge in [-0.25, -0.2) is 0 Å². The zero-order chi connectivity index (χ0) is 27.6. The predicted molar refractivity (Wildman–Crippen MR) is 135 cm³/mol. The van der Waals surface area contributed by atoms with Crippen molar-refractivity contribution in [1.29, 1.82) is 0 Å². The fourth-order valence-electron chi connectivity index (χ4n) is 3.26. The Hall–Kier alpha value is -1.02. The van der Waals surface area contributed by atoms with Crippen LogP contribution in [0.2, 0.25) is 0 Å². The second-order valence-corrected chi connectivity index (χ2v) is 14.7. The van der Waals surface area contributed by atoms with Gasteiger partial charge in [0.25, 0.3) is 0 Å². The number of nitrogens with zero attached hydrogens (tertiary/aromatic N) is 3. The van der Waals surface area contributed by atoms with E-state index in [1.807, 2.05) is 62.3 Å². The van der Waals surface area contributed by atoms with Gasteiger partial charge in [0.1, 0.15) is 0 Å². The molecule has 11 heteroatoms. The van der Waals surface area contributed by atoms with E-state index in [9.17, 15) is 14.4 Å². The van der Waals surface area contributed by atoms with Gasteiger partial charge in [0, 0.05) is 0 Å². The molecule has 36 heavy (non-hydrogen) atoms. The Kier molecular flexibility index (Phi) is 13.6. The number of nitrogens with one attached hydrogen (secondary N) is 1. The van der Waals surface area contributed by atoms with Crippen molar-refractivity contribution in [3.63, 3.8) is 0 Å². The zero-order valence-electron chi connectivity index (χ0n) is 23.7. The molecule has 1 N–H and O–H groups in total. The normalized spacial score (nSPS) is 18.8. The molecule has 0 aromatic carbocycles. The minimum atomic E-state index is -0.613. The van der Waals surface area contributed by atoms with Gasteiger partial charge in [0.05, 0.1) is 0 Å². The van der Waals surface area contributed by atoms with Crippen LogP contribution in [0.3, 0.4) is 0 Å². The van der Waals surface area contributed by atoms with E-state index in [2.05, 4.69) is 18.2 Å². The Morgan fingerprint density at radius 3 is 1.53 bits per heavy atom. The molecular formula is C25H48IN4O6-. The maximum absolute atomic E-state index is 12.6. The number of rotatable bonds is 6. The molecule has 10 nitrogen and oxygen atoms in total. The predicted octanol–water partition coefficient (Wildman–Crippen LogP) is -1.52. The summed E-state index contributed by atoms with van der Waals surface area (Å²) in [6, 6.07) is 0. The number of halogens is 1. The molecule has 0 aliphatic carbocycles. The number of hydrogen-bond donors (Lipinski definition) is 1. The third-order valence-corrected chi connectivity index (χ3v) is 7.58. The molecule has 0 aromatic heterocycles. The molecule has 1 aliphatic heterocycles. The van der Waals surface area contributed by atoms with E-state index in [0.29, 0.717) is 43.8 Å². The van der Waals surface area contributed by atoms with Crippen molar-refractivity contribution in [3.8, 4) is 0 Å². The van der Waals surface area contributed by atoms with Crippen LogP contribution in [0.1, 0.15) is 62.3 Å². The van der Waals surface area contributed by atoms with Crippen LogP contribution in [0, 0.1) is 0 Å². The van der Waals surface area contributed by atoms with Gasteiger partial charge in [-0.05, 0) is 0 Å². The second kappa shape index (κ2) is 14.8. The molecule has 1 fully saturated rings. The Labute approximate surface area is 228 Å². The maximum atomic E-state index is 12.6. The molecule has 0 radical (unpaired) electrons. The van der Waals surface area contributed by atoms with Crippen LogP contribution >= 0.6 is 0 Å². The van der Waals surface area contributed by atoms with Gasteiger partial charge >= 0.3 is 229 Å². The minimum absolute atomic E-state index is 0.184. The molecule has 1 aliphatic rings. The van der Waals surface area contributed by atoms with Crippen LogP contribution in [0.25, 0.3) is 0 Å². The molecule has 0 aromatic rings. The molecule has 212 valence electrons. The van der Waals surface area contributed by atoms with Crippen LogP contribution in [0.15, 0.2) is 0 Å². The Morgan fingerprint density at radius 1 is 0.639 bits per heavy atom. The third-order valence-electron chi connectivity index (χ3n) is 4.53.